The monoisotopic (exact) mass is 1680 g/mol. The van der Waals surface area contributed by atoms with Crippen molar-refractivity contribution in [2.45, 2.75) is 63.1 Å². The van der Waals surface area contributed by atoms with Crippen LogP contribution in [0, 0.1) is 81.6 Å². The van der Waals surface area contributed by atoms with Crippen LogP contribution in [-0.4, -0.2) is 179 Å². The van der Waals surface area contributed by atoms with Gasteiger partial charge in [-0.3, -0.25) is 47.9 Å². The van der Waals surface area contributed by atoms with Crippen molar-refractivity contribution in [3.05, 3.63) is 206 Å². The van der Waals surface area contributed by atoms with Crippen molar-refractivity contribution >= 4 is 103 Å². The van der Waals surface area contributed by atoms with Crippen molar-refractivity contribution in [1.82, 2.24) is 15.0 Å². The van der Waals surface area contributed by atoms with Crippen LogP contribution in [0.1, 0.15) is 32.1 Å². The number of azide groups is 1. The molecule has 8 aliphatic heterocycles. The van der Waals surface area contributed by atoms with Crippen LogP contribution < -0.4 is 68.8 Å². The Balaban J connectivity index is 0.000000170. The van der Waals surface area contributed by atoms with Gasteiger partial charge in [-0.15, -0.1) is 5.10 Å². The van der Waals surface area contributed by atoms with E-state index in [-0.39, 0.29) is 144 Å². The van der Waals surface area contributed by atoms with Crippen molar-refractivity contribution in [2.75, 3.05) is 118 Å². The number of halogens is 12. The maximum absolute atomic E-state index is 14.7. The number of allylic oxidation sites excluding steroid dienone is 8. The number of ketones is 4. The molecule has 4 fully saturated rings. The summed E-state index contributed by atoms with van der Waals surface area (Å²) in [6, 6.07) is 2.77. The third kappa shape index (κ3) is 21.4. The Bertz CT molecular complexity index is 5090. The fraction of sp³-hybridized carbons (Fsp3) is 0.343. The first-order valence-electron chi connectivity index (χ1n) is 34.4. The number of benzene rings is 4. The normalized spacial score (nSPS) is 20.7. The molecule has 10 aliphatic rings. The molecular formula is C70H62F12N17NaO16S. The van der Waals surface area contributed by atoms with Crippen LogP contribution >= 0.6 is 0 Å². The number of hydrogen-bond acceptors (Lipinski definition) is 23. The molecule has 614 valence electrons. The van der Waals surface area contributed by atoms with E-state index in [2.05, 4.69) is 48.8 Å². The smallest absolute Gasteiger partial charge is 0.444 e. The average molecular weight is 1680 g/mol. The van der Waals surface area contributed by atoms with Gasteiger partial charge in [-0.25, -0.2) is 76.5 Å². The standard InChI is InChI=1S/C17H14F3N5O3.C16H15F3N2O6S.C15H12F3N5O3.C15H13F3N2O4.C7H8.N3.Na/c18-12-7-13(14(19)15(20)16(12)23-4-1-10(26)2-5-23)25-9-11(28-17(25)27)8-24-6-3-21-22-24;1-28(24,25)26-8-10-7-21(16(23)27-10)12-6-11(17)15(14(19)13(12)18)20-4-2-9(22)3-5-20;16-10-5-11(23-7-9(6-20-21-19)26-15(23)25)12(17)13(18)14(10)22-3-1-8(24)2-4-22;16-10-5-11(20-6-9(7-21)24-15(20)23)12(17)13(18)14(10)19-3-1-8(22)2-4-19;1-2-7-4-3-6(1)5-7;1-3-2;/h1,3-4,6-7,11H,2,5,8-9H2;2,4,6,10H,3,5,7-8H2,1H3;1,3,5,9H,2,4,6-7H2;1,3,5,9,21H,2,4,6-7H2;1-4,6-7H,5H2;;/q;;;;;-1;+1/t11-;10-;2*9-;;;/m0101.../s1. The summed E-state index contributed by atoms with van der Waals surface area (Å²) in [5.41, 5.74) is 16.7. The van der Waals surface area contributed by atoms with E-state index in [0.717, 1.165) is 82.9 Å². The summed E-state index contributed by atoms with van der Waals surface area (Å²) in [6.45, 7) is -1.91. The molecule has 1 N–H and O–H groups in total. The maximum atomic E-state index is 14.7. The van der Waals surface area contributed by atoms with Crippen LogP contribution in [0.3, 0.4) is 0 Å². The van der Waals surface area contributed by atoms with Gasteiger partial charge in [0.05, 0.1) is 81.1 Å². The third-order valence-electron chi connectivity index (χ3n) is 18.1. The summed E-state index contributed by atoms with van der Waals surface area (Å²) in [4.78, 5) is 104. The number of aliphatic hydroxyl groups excluding tert-OH is 1. The number of fused-ring (bicyclic) bond motifs is 2. The first-order valence-corrected chi connectivity index (χ1v) is 36.2. The van der Waals surface area contributed by atoms with Gasteiger partial charge < -0.3 is 54.7 Å². The molecule has 117 heavy (non-hydrogen) atoms. The zero-order chi connectivity index (χ0) is 84.1. The Morgan fingerprint density at radius 3 is 1.07 bits per heavy atom. The number of aliphatic hydroxyl groups is 1. The topological polar surface area (TPSA) is 401 Å². The van der Waals surface area contributed by atoms with Crippen molar-refractivity contribution in [1.29, 1.82) is 0 Å². The van der Waals surface area contributed by atoms with E-state index in [1.807, 2.05) is 0 Å². The van der Waals surface area contributed by atoms with Crippen LogP contribution in [0.5, 0.6) is 0 Å². The van der Waals surface area contributed by atoms with Gasteiger partial charge in [0.2, 0.25) is 0 Å². The summed E-state index contributed by atoms with van der Waals surface area (Å²) < 4.78 is 221. The molecule has 9 heterocycles. The minimum atomic E-state index is -3.79. The van der Waals surface area contributed by atoms with Crippen molar-refractivity contribution in [3.63, 3.8) is 0 Å². The van der Waals surface area contributed by atoms with Crippen LogP contribution in [0.4, 0.5) is 117 Å². The van der Waals surface area contributed by atoms with E-state index in [9.17, 15) is 99.5 Å². The number of rotatable bonds is 16. The molecular weight excluding hydrogens is 1620 g/mol. The van der Waals surface area contributed by atoms with Crippen LogP contribution in [0.25, 0.3) is 26.4 Å². The predicted octanol–water partition coefficient (Wildman–Crippen LogP) is 8.08. The zero-order valence-electron chi connectivity index (χ0n) is 61.0. The molecule has 15 rings (SSSR count). The van der Waals surface area contributed by atoms with Crippen LogP contribution in [0.2, 0.25) is 0 Å². The van der Waals surface area contributed by atoms with E-state index in [0.29, 0.717) is 23.1 Å². The molecule has 1 aromatic heterocycles. The molecule has 4 aromatic carbocycles. The largest absolute Gasteiger partial charge is 1.00 e. The number of amides is 4. The second-order valence-corrected chi connectivity index (χ2v) is 27.6. The molecule has 4 saturated heterocycles. The van der Waals surface area contributed by atoms with Gasteiger partial charge in [-0.1, -0.05) is 34.6 Å². The number of anilines is 8. The minimum absolute atomic E-state index is 0. The molecule has 5 aromatic rings. The Labute approximate surface area is 675 Å². The van der Waals surface area contributed by atoms with Gasteiger partial charge in [-0.05, 0) is 48.1 Å². The molecule has 47 heteroatoms. The molecule has 0 radical (unpaired) electrons. The fourth-order valence-corrected chi connectivity index (χ4v) is 13.0. The molecule has 4 amide bonds. The first-order chi connectivity index (χ1) is 55.2. The van der Waals surface area contributed by atoms with Crippen molar-refractivity contribution in [3.8, 4) is 0 Å². The van der Waals surface area contributed by atoms with Crippen molar-refractivity contribution < 1.29 is 157 Å². The SMILES string of the molecule is C1=CC2C=CC1C2.CS(=O)(=O)OC[C@H]1CN(c2cc(F)c(N3C=CC(=O)CC3)c(F)c2F)C(=O)O1.O=C1C=CN(c2c(F)cc(N3C[C@H](CO)OC3=O)c(F)c2F)CC1.O=C1C=CN(c2c(F)cc(N3C[C@H](Cn4ccnn4)OC3=O)c(F)c2F)CC1.[N-]=[N+]=NC[C@H]1CN(c2cc(F)c(N3C=CC(=O)CC3)c(F)c2F)C(=O)O1.[N-]=[N+]=[N-].[Na+]. The Morgan fingerprint density at radius 1 is 0.487 bits per heavy atom. The number of carbonyl (C=O) groups is 8. The van der Waals surface area contributed by atoms with Crippen molar-refractivity contribution in [2.24, 2.45) is 17.0 Å². The minimum Gasteiger partial charge on any atom is -0.444 e. The van der Waals surface area contributed by atoms with E-state index in [1.165, 1.54) is 46.9 Å². The number of ether oxygens (including phenoxy) is 4. The van der Waals surface area contributed by atoms with Gasteiger partial charge in [-0.2, -0.15) is 8.42 Å². The molecule has 0 spiro atoms. The molecule has 4 atom stereocenters. The van der Waals surface area contributed by atoms with Gasteiger partial charge in [0, 0.05) is 112 Å². The Morgan fingerprint density at radius 2 is 0.795 bits per heavy atom. The second-order valence-electron chi connectivity index (χ2n) is 25.9. The number of aromatic nitrogens is 3. The van der Waals surface area contributed by atoms with Gasteiger partial charge in [0.15, 0.2) is 92.9 Å². The summed E-state index contributed by atoms with van der Waals surface area (Å²) in [5.74, 6) is -15.2. The first kappa shape index (κ1) is 89.0. The quantitative estimate of drug-likeness (QED) is 0.0112. The molecule has 0 unspecified atom stereocenters. The molecule has 2 bridgehead atoms. The average Bonchev–Trinajstić information content (AvgIpc) is 1.75. The van der Waals surface area contributed by atoms with Gasteiger partial charge >= 0.3 is 53.9 Å². The van der Waals surface area contributed by atoms with E-state index in [1.54, 1.807) is 6.20 Å². The van der Waals surface area contributed by atoms with Crippen LogP contribution in [-0.2, 0) is 59.0 Å². The third-order valence-corrected chi connectivity index (χ3v) is 18.6. The van der Waals surface area contributed by atoms with Crippen LogP contribution in [0.15, 0.2) is 115 Å². The summed E-state index contributed by atoms with van der Waals surface area (Å²) in [5, 5.41) is 19.6. The Hall–Kier alpha value is -11.9. The number of cyclic esters (lactones) is 4. The zero-order valence-corrected chi connectivity index (χ0v) is 63.8. The number of hydrogen-bond donors (Lipinski definition) is 1. The molecule has 2 aliphatic carbocycles. The maximum Gasteiger partial charge on any atom is 1.00 e. The fourth-order valence-electron chi connectivity index (χ4n) is 12.6. The molecule has 33 nitrogen and oxygen atoms in total. The number of nitrogens with zero attached hydrogens (tertiary/aromatic N) is 17. The summed E-state index contributed by atoms with van der Waals surface area (Å²) in [6.07, 6.45) is 16.3. The van der Waals surface area contributed by atoms with Gasteiger partial charge in [0.25, 0.3) is 10.1 Å². The van der Waals surface area contributed by atoms with E-state index >= 15 is 0 Å². The number of carbonyl (C=O) groups excluding carboxylic acids is 8. The van der Waals surface area contributed by atoms with E-state index in [4.69, 9.17) is 40.6 Å². The summed E-state index contributed by atoms with van der Waals surface area (Å²) in [7, 11) is -3.79. The molecule has 0 saturated carbocycles. The van der Waals surface area contributed by atoms with E-state index < -0.39 is 187 Å². The second kappa shape index (κ2) is 39.1. The van der Waals surface area contributed by atoms with Gasteiger partial charge in [0.1, 0.15) is 53.8 Å². The Kier molecular flexibility index (Phi) is 29.8. The summed E-state index contributed by atoms with van der Waals surface area (Å²) >= 11 is 0. The predicted molar refractivity (Wildman–Crippen MR) is 382 cm³/mol.